The van der Waals surface area contributed by atoms with Crippen LogP contribution in [0.3, 0.4) is 0 Å². The maximum Gasteiger partial charge on any atom is 0.417 e. The second kappa shape index (κ2) is 15.9. The molecule has 2 aromatic carbocycles. The molecule has 230 valence electrons. The van der Waals surface area contributed by atoms with Crippen LogP contribution < -0.4 is 0 Å². The molecule has 11 heteroatoms. The highest BCUT2D eigenvalue weighted by atomic mass is 16.6. The summed E-state index contributed by atoms with van der Waals surface area (Å²) in [7, 11) is 1.15. The smallest absolute Gasteiger partial charge is 0.417 e. The van der Waals surface area contributed by atoms with Gasteiger partial charge in [0.25, 0.3) is 5.91 Å². The van der Waals surface area contributed by atoms with E-state index in [0.29, 0.717) is 17.5 Å². The van der Waals surface area contributed by atoms with Crippen molar-refractivity contribution in [2.45, 2.75) is 58.0 Å². The molecule has 0 unspecified atom stereocenters. The van der Waals surface area contributed by atoms with Crippen molar-refractivity contribution in [1.82, 2.24) is 4.90 Å². The molecule has 1 saturated heterocycles. The van der Waals surface area contributed by atoms with Gasteiger partial charge < -0.3 is 24.1 Å². The summed E-state index contributed by atoms with van der Waals surface area (Å²) >= 11 is 0. The number of carbonyl (C=O) groups excluding carboxylic acids is 5. The maximum atomic E-state index is 13.7. The Morgan fingerprint density at radius 2 is 1.77 bits per heavy atom. The molecule has 0 saturated carbocycles. The summed E-state index contributed by atoms with van der Waals surface area (Å²) in [6, 6.07) is 15.1. The maximum absolute atomic E-state index is 13.7. The first-order valence-corrected chi connectivity index (χ1v) is 13.9. The van der Waals surface area contributed by atoms with Gasteiger partial charge in [-0.2, -0.15) is 0 Å². The largest absolute Gasteiger partial charge is 0.451 e. The van der Waals surface area contributed by atoms with Gasteiger partial charge in [-0.1, -0.05) is 60.2 Å². The second-order valence-electron chi connectivity index (χ2n) is 10.0. The van der Waals surface area contributed by atoms with Gasteiger partial charge in [0.2, 0.25) is 0 Å². The molecular formula is C32H37NO10. The minimum absolute atomic E-state index is 0.0291. The molecule has 1 heterocycles. The number of carbonyl (C=O) groups is 5. The normalized spacial score (nSPS) is 18.1. The minimum Gasteiger partial charge on any atom is -0.451 e. The number of rotatable bonds is 15. The number of aryl methyl sites for hydroxylation is 1. The number of hydrogen-bond donors (Lipinski definition) is 1. The van der Waals surface area contributed by atoms with E-state index < -0.39 is 48.1 Å². The SMILES string of the molecule is CO[C@H](C(=O)N1C(=O)O[C@H](c2ccccc2)[C@@H]1C)[C@H](OC(C)=O)C(=O)C=C(C(=O)CCCOCCO)c1cccc(C)c1. The molecule has 1 fully saturated rings. The Kier molecular flexibility index (Phi) is 12.3. The lowest BCUT2D eigenvalue weighted by molar-refractivity contribution is -0.166. The number of aliphatic hydroxyl groups is 1. The van der Waals surface area contributed by atoms with Crippen molar-refractivity contribution >= 4 is 35.1 Å². The lowest BCUT2D eigenvalue weighted by Crippen LogP contribution is -2.52. The Bertz CT molecular complexity index is 1340. The zero-order chi connectivity index (χ0) is 31.5. The first kappa shape index (κ1) is 33.3. The van der Waals surface area contributed by atoms with E-state index in [0.717, 1.165) is 30.6 Å². The Morgan fingerprint density at radius 3 is 2.40 bits per heavy atom. The Labute approximate surface area is 250 Å². The van der Waals surface area contributed by atoms with Crippen LogP contribution in [-0.2, 0) is 38.1 Å². The summed E-state index contributed by atoms with van der Waals surface area (Å²) in [5.41, 5.74) is 2.02. The molecule has 0 aliphatic carbocycles. The van der Waals surface area contributed by atoms with Gasteiger partial charge in [0.15, 0.2) is 23.8 Å². The second-order valence-corrected chi connectivity index (χ2v) is 10.0. The van der Waals surface area contributed by atoms with Crippen molar-refractivity contribution in [2.75, 3.05) is 26.9 Å². The van der Waals surface area contributed by atoms with E-state index in [1.807, 2.05) is 13.0 Å². The molecule has 1 N–H and O–H groups in total. The average Bonchev–Trinajstić information content (AvgIpc) is 3.28. The fourth-order valence-electron chi connectivity index (χ4n) is 4.78. The number of nitrogens with zero attached hydrogens (tertiary/aromatic N) is 1. The van der Waals surface area contributed by atoms with E-state index in [1.165, 1.54) is 0 Å². The molecule has 1 aliphatic heterocycles. The Hall–Kier alpha value is -4.19. The third-order valence-electron chi connectivity index (χ3n) is 6.83. The summed E-state index contributed by atoms with van der Waals surface area (Å²) in [4.78, 5) is 66.5. The molecule has 4 atom stereocenters. The van der Waals surface area contributed by atoms with Crippen LogP contribution in [0.5, 0.6) is 0 Å². The van der Waals surface area contributed by atoms with E-state index in [1.54, 1.807) is 55.5 Å². The number of aliphatic hydroxyl groups excluding tert-OH is 1. The number of imide groups is 1. The first-order valence-electron chi connectivity index (χ1n) is 13.9. The lowest BCUT2D eigenvalue weighted by atomic mass is 9.94. The fraction of sp³-hybridized carbons (Fsp3) is 0.406. The predicted molar refractivity (Wildman–Crippen MR) is 155 cm³/mol. The predicted octanol–water partition coefficient (Wildman–Crippen LogP) is 3.36. The van der Waals surface area contributed by atoms with Crippen molar-refractivity contribution in [3.63, 3.8) is 0 Å². The zero-order valence-electron chi connectivity index (χ0n) is 24.7. The molecule has 0 aromatic heterocycles. The highest BCUT2D eigenvalue weighted by molar-refractivity contribution is 6.25. The van der Waals surface area contributed by atoms with Crippen LogP contribution in [0, 0.1) is 6.92 Å². The van der Waals surface area contributed by atoms with Gasteiger partial charge in [0, 0.05) is 32.6 Å². The Balaban J connectivity index is 1.93. The number of cyclic esters (lactones) is 1. The van der Waals surface area contributed by atoms with Crippen molar-refractivity contribution in [1.29, 1.82) is 0 Å². The first-order chi connectivity index (χ1) is 20.6. The van der Waals surface area contributed by atoms with Gasteiger partial charge in [-0.15, -0.1) is 0 Å². The Morgan fingerprint density at radius 1 is 1.05 bits per heavy atom. The molecule has 11 nitrogen and oxygen atoms in total. The monoisotopic (exact) mass is 595 g/mol. The van der Waals surface area contributed by atoms with Crippen molar-refractivity contribution in [3.05, 3.63) is 77.4 Å². The molecule has 3 rings (SSSR count). The van der Waals surface area contributed by atoms with E-state index in [2.05, 4.69) is 0 Å². The van der Waals surface area contributed by atoms with Crippen LogP contribution >= 0.6 is 0 Å². The van der Waals surface area contributed by atoms with Gasteiger partial charge in [-0.25, -0.2) is 9.69 Å². The number of ether oxygens (including phenoxy) is 4. The summed E-state index contributed by atoms with van der Waals surface area (Å²) < 4.78 is 21.4. The lowest BCUT2D eigenvalue weighted by Gasteiger charge is -2.27. The van der Waals surface area contributed by atoms with Crippen LogP contribution in [0.15, 0.2) is 60.7 Å². The quantitative estimate of drug-likeness (QED) is 0.185. The summed E-state index contributed by atoms with van der Waals surface area (Å²) in [5.74, 6) is -3.06. The molecule has 43 heavy (non-hydrogen) atoms. The number of Topliss-reactive ketones (excluding diaryl/α,β-unsaturated/α-hetero) is 1. The van der Waals surface area contributed by atoms with Crippen molar-refractivity contribution in [3.8, 4) is 0 Å². The summed E-state index contributed by atoms with van der Waals surface area (Å²) in [6.07, 6.45) is -3.80. The summed E-state index contributed by atoms with van der Waals surface area (Å²) in [5, 5.41) is 8.88. The number of benzene rings is 2. The highest BCUT2D eigenvalue weighted by Crippen LogP contribution is 2.33. The molecule has 0 bridgehead atoms. The topological polar surface area (TPSA) is 146 Å². The molecule has 0 radical (unpaired) electrons. The molecule has 2 amide bonds. The van der Waals surface area contributed by atoms with Crippen LogP contribution in [0.25, 0.3) is 5.57 Å². The van der Waals surface area contributed by atoms with E-state index in [9.17, 15) is 24.0 Å². The van der Waals surface area contributed by atoms with E-state index in [4.69, 9.17) is 24.1 Å². The van der Waals surface area contributed by atoms with E-state index >= 15 is 0 Å². The fourth-order valence-corrected chi connectivity index (χ4v) is 4.78. The number of amides is 2. The highest BCUT2D eigenvalue weighted by Gasteiger charge is 2.48. The molecule has 0 spiro atoms. The van der Waals surface area contributed by atoms with E-state index in [-0.39, 0.29) is 37.6 Å². The van der Waals surface area contributed by atoms with Gasteiger partial charge in [-0.3, -0.25) is 19.2 Å². The minimum atomic E-state index is -1.80. The zero-order valence-corrected chi connectivity index (χ0v) is 24.7. The third-order valence-corrected chi connectivity index (χ3v) is 6.83. The van der Waals surface area contributed by atoms with Gasteiger partial charge in [0.1, 0.15) is 6.10 Å². The number of methoxy groups -OCH3 is 1. The van der Waals surface area contributed by atoms with Crippen LogP contribution in [0.2, 0.25) is 0 Å². The average molecular weight is 596 g/mol. The number of ketones is 2. The van der Waals surface area contributed by atoms with Gasteiger partial charge >= 0.3 is 12.1 Å². The molecule has 1 aliphatic rings. The summed E-state index contributed by atoms with van der Waals surface area (Å²) in [6.45, 7) is 4.74. The molecular weight excluding hydrogens is 558 g/mol. The number of hydrogen-bond acceptors (Lipinski definition) is 10. The van der Waals surface area contributed by atoms with Crippen molar-refractivity contribution in [2.24, 2.45) is 0 Å². The number of allylic oxidation sites excluding steroid dienone is 1. The molecule has 2 aromatic rings. The van der Waals surface area contributed by atoms with Gasteiger partial charge in [0.05, 0.1) is 19.3 Å². The third kappa shape index (κ3) is 8.66. The number of esters is 1. The van der Waals surface area contributed by atoms with Crippen molar-refractivity contribution < 1.29 is 48.0 Å². The van der Waals surface area contributed by atoms with Gasteiger partial charge in [-0.05, 0) is 37.5 Å². The standard InChI is InChI=1S/C32H37NO10/c1-20-10-8-13-24(18-20)25(26(36)14-9-16-41-17-15-34)19-27(37)29(42-22(3)35)30(40-4)31(38)33-21(2)28(43-32(33)39)23-11-6-5-7-12-23/h5-8,10-13,18-19,21,28-30,34H,9,14-17H2,1-4H3/t21-,28-,29+,30-/m0/s1. The van der Waals surface area contributed by atoms with Crippen LogP contribution in [0.1, 0.15) is 49.5 Å². The van der Waals surface area contributed by atoms with Crippen LogP contribution in [0.4, 0.5) is 4.79 Å². The van der Waals surface area contributed by atoms with Crippen LogP contribution in [-0.4, -0.2) is 84.7 Å².